The quantitative estimate of drug-likeness (QED) is 0.238. The first-order valence-corrected chi connectivity index (χ1v) is 15.8. The SMILES string of the molecule is COc1ccc([C@H]2C(C(=O)Nc3ccccc3)=C(C)N=c3s/c(=C/c4cc(I)c(OC(C)C)c(I)c4)c(=O)n32)cc1. The summed E-state index contributed by atoms with van der Waals surface area (Å²) >= 11 is 5.84. The predicted molar refractivity (Wildman–Crippen MR) is 179 cm³/mol. The zero-order valence-corrected chi connectivity index (χ0v) is 27.9. The summed E-state index contributed by atoms with van der Waals surface area (Å²) in [6.07, 6.45) is 1.93. The van der Waals surface area contributed by atoms with Crippen molar-refractivity contribution >= 4 is 74.2 Å². The number of amides is 1. The van der Waals surface area contributed by atoms with Gasteiger partial charge in [-0.2, -0.15) is 0 Å². The minimum Gasteiger partial charge on any atom is -0.497 e. The molecule has 1 aromatic heterocycles. The van der Waals surface area contributed by atoms with Gasteiger partial charge < -0.3 is 14.8 Å². The molecule has 2 heterocycles. The molecule has 10 heteroatoms. The molecule has 41 heavy (non-hydrogen) atoms. The summed E-state index contributed by atoms with van der Waals surface area (Å²) in [5.41, 5.74) is 3.10. The number of aromatic nitrogens is 1. The van der Waals surface area contributed by atoms with E-state index in [1.807, 2.05) is 93.6 Å². The number of para-hydroxylation sites is 1. The maximum absolute atomic E-state index is 14.0. The zero-order chi connectivity index (χ0) is 29.3. The molecule has 1 atom stereocenters. The zero-order valence-electron chi connectivity index (χ0n) is 22.8. The second-order valence-corrected chi connectivity index (χ2v) is 13.0. The number of ether oxygens (including phenoxy) is 2. The average Bonchev–Trinajstić information content (AvgIpc) is 3.24. The predicted octanol–water partition coefficient (Wildman–Crippen LogP) is 5.88. The number of allylic oxidation sites excluding steroid dienone is 1. The van der Waals surface area contributed by atoms with Gasteiger partial charge in [0.05, 0.1) is 42.2 Å². The van der Waals surface area contributed by atoms with Crippen LogP contribution in [0.2, 0.25) is 0 Å². The van der Waals surface area contributed by atoms with Crippen molar-refractivity contribution in [3.63, 3.8) is 0 Å². The molecule has 1 N–H and O–H groups in total. The molecular formula is C31H27I2N3O4S. The molecule has 1 aliphatic heterocycles. The van der Waals surface area contributed by atoms with Gasteiger partial charge in [-0.25, -0.2) is 4.99 Å². The van der Waals surface area contributed by atoms with Gasteiger partial charge in [-0.3, -0.25) is 14.2 Å². The van der Waals surface area contributed by atoms with Crippen molar-refractivity contribution in [1.29, 1.82) is 0 Å². The van der Waals surface area contributed by atoms with E-state index in [9.17, 15) is 9.59 Å². The molecule has 1 amide bonds. The Labute approximate surface area is 268 Å². The number of hydrogen-bond donors (Lipinski definition) is 1. The number of benzene rings is 3. The van der Waals surface area contributed by atoms with Crippen molar-refractivity contribution < 1.29 is 14.3 Å². The lowest BCUT2D eigenvalue weighted by molar-refractivity contribution is -0.113. The molecule has 210 valence electrons. The van der Waals surface area contributed by atoms with Crippen molar-refractivity contribution in [2.45, 2.75) is 32.9 Å². The molecule has 0 aliphatic carbocycles. The molecule has 0 saturated carbocycles. The summed E-state index contributed by atoms with van der Waals surface area (Å²) in [5.74, 6) is 1.22. The number of halogens is 2. The van der Waals surface area contributed by atoms with Gasteiger partial charge in [0.25, 0.3) is 11.5 Å². The first-order valence-electron chi connectivity index (χ1n) is 12.8. The van der Waals surface area contributed by atoms with Crippen molar-refractivity contribution in [2.75, 3.05) is 12.4 Å². The summed E-state index contributed by atoms with van der Waals surface area (Å²) in [6.45, 7) is 5.80. The van der Waals surface area contributed by atoms with E-state index in [-0.39, 0.29) is 17.6 Å². The third kappa shape index (κ3) is 6.28. The number of nitrogens with zero attached hydrogens (tertiary/aromatic N) is 2. The highest BCUT2D eigenvalue weighted by Crippen LogP contribution is 2.32. The van der Waals surface area contributed by atoms with Crippen molar-refractivity contribution in [3.8, 4) is 11.5 Å². The number of nitrogens with one attached hydrogen (secondary N) is 1. The van der Waals surface area contributed by atoms with Crippen LogP contribution in [0.25, 0.3) is 6.08 Å². The Kier molecular flexibility index (Phi) is 9.00. The average molecular weight is 791 g/mol. The molecule has 0 spiro atoms. The van der Waals surface area contributed by atoms with E-state index >= 15 is 0 Å². The van der Waals surface area contributed by atoms with Gasteiger partial charge >= 0.3 is 0 Å². The van der Waals surface area contributed by atoms with Gasteiger partial charge in [-0.15, -0.1) is 0 Å². The van der Waals surface area contributed by atoms with Crippen LogP contribution in [0.1, 0.15) is 37.9 Å². The van der Waals surface area contributed by atoms with Crippen molar-refractivity contribution in [1.82, 2.24) is 4.57 Å². The lowest BCUT2D eigenvalue weighted by atomic mass is 9.95. The van der Waals surface area contributed by atoms with Crippen LogP contribution in [0.3, 0.4) is 0 Å². The number of carbonyl (C=O) groups excluding carboxylic acids is 1. The fourth-order valence-corrected chi connectivity index (χ4v) is 7.71. The highest BCUT2D eigenvalue weighted by molar-refractivity contribution is 14.1. The monoisotopic (exact) mass is 791 g/mol. The fourth-order valence-electron chi connectivity index (χ4n) is 4.60. The van der Waals surface area contributed by atoms with E-state index in [1.165, 1.54) is 11.3 Å². The molecule has 0 unspecified atom stereocenters. The Bertz CT molecular complexity index is 1800. The van der Waals surface area contributed by atoms with E-state index in [0.29, 0.717) is 32.0 Å². The van der Waals surface area contributed by atoms with E-state index < -0.39 is 6.04 Å². The first-order chi connectivity index (χ1) is 19.7. The standard InChI is InChI=1S/C31H27I2N3O4S/c1-17(2)40-28-23(32)14-19(15-24(28)33)16-25-30(38)36-27(20-10-12-22(39-4)13-11-20)26(18(3)34-31(36)41-25)29(37)35-21-8-6-5-7-9-21/h5-17,27H,1-4H3,(H,35,37)/b25-16+/t27-/m0/s1. The molecule has 3 aromatic carbocycles. The topological polar surface area (TPSA) is 81.9 Å². The molecule has 0 saturated heterocycles. The maximum Gasteiger partial charge on any atom is 0.271 e. The number of rotatable bonds is 7. The van der Waals surface area contributed by atoms with Crippen LogP contribution in [0.15, 0.2) is 87.8 Å². The molecular weight excluding hydrogens is 764 g/mol. The van der Waals surface area contributed by atoms with E-state index in [0.717, 1.165) is 24.0 Å². The second-order valence-electron chi connectivity index (χ2n) is 9.66. The van der Waals surface area contributed by atoms with Crippen LogP contribution in [0.5, 0.6) is 11.5 Å². The van der Waals surface area contributed by atoms with Gasteiger partial charge in [0.15, 0.2) is 4.80 Å². The number of fused-ring (bicyclic) bond motifs is 1. The van der Waals surface area contributed by atoms with E-state index in [1.54, 1.807) is 11.7 Å². The largest absolute Gasteiger partial charge is 0.497 e. The number of thiazole rings is 1. The van der Waals surface area contributed by atoms with Crippen LogP contribution in [0, 0.1) is 7.14 Å². The number of anilines is 1. The van der Waals surface area contributed by atoms with Crippen LogP contribution < -0.4 is 29.7 Å². The van der Waals surface area contributed by atoms with Crippen molar-refractivity contribution in [3.05, 3.63) is 116 Å². The van der Waals surface area contributed by atoms with Crippen molar-refractivity contribution in [2.24, 2.45) is 4.99 Å². The fraction of sp³-hybridized carbons (Fsp3) is 0.194. The third-order valence-electron chi connectivity index (χ3n) is 6.40. The minimum atomic E-state index is -0.662. The Morgan fingerprint density at radius 3 is 2.34 bits per heavy atom. The number of methoxy groups -OCH3 is 1. The van der Waals surface area contributed by atoms with Crippen LogP contribution in [0.4, 0.5) is 5.69 Å². The molecule has 0 radical (unpaired) electrons. The molecule has 7 nitrogen and oxygen atoms in total. The van der Waals surface area contributed by atoms with Gasteiger partial charge in [-0.1, -0.05) is 41.7 Å². The maximum atomic E-state index is 14.0. The van der Waals surface area contributed by atoms with E-state index in [2.05, 4.69) is 50.5 Å². The summed E-state index contributed by atoms with van der Waals surface area (Å²) in [4.78, 5) is 33.0. The van der Waals surface area contributed by atoms with Crippen LogP contribution in [-0.4, -0.2) is 23.7 Å². The Morgan fingerprint density at radius 1 is 1.07 bits per heavy atom. The molecule has 1 aliphatic rings. The van der Waals surface area contributed by atoms with Gasteiger partial charge in [0.2, 0.25) is 0 Å². The smallest absolute Gasteiger partial charge is 0.271 e. The Hall–Kier alpha value is -2.97. The molecule has 4 aromatic rings. The van der Waals surface area contributed by atoms with Gasteiger partial charge in [0.1, 0.15) is 11.5 Å². The molecule has 0 fully saturated rings. The normalized spacial score (nSPS) is 15.0. The van der Waals surface area contributed by atoms with Crippen LogP contribution >= 0.6 is 56.5 Å². The Morgan fingerprint density at radius 2 is 1.73 bits per heavy atom. The van der Waals surface area contributed by atoms with Gasteiger partial charge in [0, 0.05) is 5.69 Å². The summed E-state index contributed by atoms with van der Waals surface area (Å²) in [5, 5.41) is 2.98. The highest BCUT2D eigenvalue weighted by atomic mass is 127. The summed E-state index contributed by atoms with van der Waals surface area (Å²) < 4.78 is 15.4. The second kappa shape index (κ2) is 12.5. The lowest BCUT2D eigenvalue weighted by Gasteiger charge is -2.25. The third-order valence-corrected chi connectivity index (χ3v) is 8.99. The van der Waals surface area contributed by atoms with Gasteiger partial charge in [-0.05, 0) is 120 Å². The number of hydrogen-bond acceptors (Lipinski definition) is 6. The molecule has 5 rings (SSSR count). The summed E-state index contributed by atoms with van der Waals surface area (Å²) in [7, 11) is 1.60. The number of carbonyl (C=O) groups is 1. The Balaban J connectivity index is 1.64. The van der Waals surface area contributed by atoms with Crippen LogP contribution in [-0.2, 0) is 4.79 Å². The highest BCUT2D eigenvalue weighted by Gasteiger charge is 2.32. The minimum absolute atomic E-state index is 0.0565. The summed E-state index contributed by atoms with van der Waals surface area (Å²) in [6, 6.07) is 20.0. The first kappa shape index (κ1) is 29.5. The van der Waals surface area contributed by atoms with E-state index in [4.69, 9.17) is 14.5 Å². The molecule has 0 bridgehead atoms. The lowest BCUT2D eigenvalue weighted by Crippen LogP contribution is -2.40.